The molecule has 32 heavy (non-hydrogen) atoms. The third-order valence-corrected chi connectivity index (χ3v) is 6.19. The fourth-order valence-electron chi connectivity index (χ4n) is 3.22. The number of likely N-dealkylation sites (N-methyl/N-ethyl adjacent to an activating group) is 1. The van der Waals surface area contributed by atoms with Crippen molar-refractivity contribution in [2.24, 2.45) is 0 Å². The summed E-state index contributed by atoms with van der Waals surface area (Å²) in [5.41, 5.74) is 0.887. The zero-order chi connectivity index (χ0) is 23.9. The molecular formula is C22H27ClFN3O4S. The number of carbonyl (C=O) groups excluding carboxylic acids is 2. The first kappa shape index (κ1) is 25.6. The smallest absolute Gasteiger partial charge is 0.244 e. The van der Waals surface area contributed by atoms with Crippen LogP contribution in [0.5, 0.6) is 0 Å². The van der Waals surface area contributed by atoms with Crippen molar-refractivity contribution >= 4 is 39.1 Å². The summed E-state index contributed by atoms with van der Waals surface area (Å²) in [7, 11) is -3.86. The van der Waals surface area contributed by atoms with Crippen molar-refractivity contribution in [3.63, 3.8) is 0 Å². The molecule has 0 heterocycles. The van der Waals surface area contributed by atoms with Gasteiger partial charge in [0.05, 0.1) is 11.9 Å². The molecule has 0 aliphatic heterocycles. The number of hydrogen-bond donors (Lipinski definition) is 1. The standard InChI is InChI=1S/C22H27ClFN3O4S/c1-4-20(22(29)25-5-2)26(14-16-6-8-17(23)9-7-16)21(28)15-27(32(3,30)31)19-12-10-18(24)11-13-19/h6-13,20H,4-5,14-15H2,1-3H3,(H,25,29)/t20-/m0/s1. The Bertz CT molecular complexity index is 1030. The fraction of sp³-hybridized carbons (Fsp3) is 0.364. The Morgan fingerprint density at radius 3 is 2.16 bits per heavy atom. The summed E-state index contributed by atoms with van der Waals surface area (Å²) < 4.78 is 39.0. The topological polar surface area (TPSA) is 86.8 Å². The highest BCUT2D eigenvalue weighted by atomic mass is 35.5. The Morgan fingerprint density at radius 2 is 1.66 bits per heavy atom. The molecule has 0 aliphatic rings. The van der Waals surface area contributed by atoms with Gasteiger partial charge in [-0.15, -0.1) is 0 Å². The summed E-state index contributed by atoms with van der Waals surface area (Å²) in [5.74, 6) is -1.42. The first-order chi connectivity index (χ1) is 15.1. The summed E-state index contributed by atoms with van der Waals surface area (Å²) in [4.78, 5) is 27.4. The summed E-state index contributed by atoms with van der Waals surface area (Å²) in [6, 6.07) is 10.8. The molecular weight excluding hydrogens is 457 g/mol. The largest absolute Gasteiger partial charge is 0.355 e. The van der Waals surface area contributed by atoms with Gasteiger partial charge in [-0.3, -0.25) is 13.9 Å². The van der Waals surface area contributed by atoms with Crippen LogP contribution in [0.2, 0.25) is 5.02 Å². The molecule has 10 heteroatoms. The van der Waals surface area contributed by atoms with Gasteiger partial charge in [0.2, 0.25) is 21.8 Å². The Balaban J connectivity index is 2.40. The summed E-state index contributed by atoms with van der Waals surface area (Å²) in [6.07, 6.45) is 1.30. The third-order valence-electron chi connectivity index (χ3n) is 4.80. The second-order valence-corrected chi connectivity index (χ2v) is 9.56. The van der Waals surface area contributed by atoms with Gasteiger partial charge in [0.1, 0.15) is 18.4 Å². The molecule has 0 bridgehead atoms. The molecule has 0 saturated carbocycles. The maximum atomic E-state index is 13.4. The van der Waals surface area contributed by atoms with Crippen molar-refractivity contribution in [1.29, 1.82) is 0 Å². The minimum Gasteiger partial charge on any atom is -0.355 e. The quantitative estimate of drug-likeness (QED) is 0.562. The molecule has 0 saturated heterocycles. The van der Waals surface area contributed by atoms with E-state index in [4.69, 9.17) is 11.6 Å². The van der Waals surface area contributed by atoms with Crippen LogP contribution in [0.4, 0.5) is 10.1 Å². The predicted octanol–water partition coefficient (Wildman–Crippen LogP) is 3.19. The third kappa shape index (κ3) is 6.93. The van der Waals surface area contributed by atoms with Crippen molar-refractivity contribution in [3.8, 4) is 0 Å². The maximum Gasteiger partial charge on any atom is 0.244 e. The number of nitrogens with one attached hydrogen (secondary N) is 1. The predicted molar refractivity (Wildman–Crippen MR) is 123 cm³/mol. The van der Waals surface area contributed by atoms with Gasteiger partial charge in [0.25, 0.3) is 0 Å². The Kier molecular flexibility index (Phi) is 9.03. The van der Waals surface area contributed by atoms with E-state index in [9.17, 15) is 22.4 Å². The van der Waals surface area contributed by atoms with Crippen molar-refractivity contribution in [2.45, 2.75) is 32.9 Å². The molecule has 1 N–H and O–H groups in total. The average molecular weight is 484 g/mol. The lowest BCUT2D eigenvalue weighted by Gasteiger charge is -2.32. The van der Waals surface area contributed by atoms with Crippen molar-refractivity contribution < 1.29 is 22.4 Å². The van der Waals surface area contributed by atoms with Crippen LogP contribution >= 0.6 is 11.6 Å². The highest BCUT2D eigenvalue weighted by molar-refractivity contribution is 7.92. The number of benzene rings is 2. The van der Waals surface area contributed by atoms with E-state index in [2.05, 4.69) is 5.32 Å². The van der Waals surface area contributed by atoms with Gasteiger partial charge in [-0.25, -0.2) is 12.8 Å². The number of amides is 2. The molecule has 2 aromatic rings. The fourth-order valence-corrected chi connectivity index (χ4v) is 4.19. The molecule has 2 aromatic carbocycles. The van der Waals surface area contributed by atoms with E-state index in [1.54, 1.807) is 38.1 Å². The lowest BCUT2D eigenvalue weighted by molar-refractivity contribution is -0.140. The Labute approximate surface area is 193 Å². The van der Waals surface area contributed by atoms with E-state index in [0.717, 1.165) is 28.3 Å². The van der Waals surface area contributed by atoms with Gasteiger partial charge >= 0.3 is 0 Å². The maximum absolute atomic E-state index is 13.4. The minimum atomic E-state index is -3.86. The van der Waals surface area contributed by atoms with E-state index < -0.39 is 34.3 Å². The Morgan fingerprint density at radius 1 is 1.06 bits per heavy atom. The molecule has 1 atom stereocenters. The molecule has 174 valence electrons. The molecule has 0 aliphatic carbocycles. The molecule has 0 unspecified atom stereocenters. The van der Waals surface area contributed by atoms with E-state index >= 15 is 0 Å². The van der Waals surface area contributed by atoms with Crippen LogP contribution in [0.25, 0.3) is 0 Å². The zero-order valence-corrected chi connectivity index (χ0v) is 19.8. The van der Waals surface area contributed by atoms with E-state index in [1.165, 1.54) is 17.0 Å². The van der Waals surface area contributed by atoms with E-state index in [1.807, 2.05) is 0 Å². The SMILES string of the molecule is CCNC(=O)[C@H](CC)N(Cc1ccc(Cl)cc1)C(=O)CN(c1ccc(F)cc1)S(C)(=O)=O. The van der Waals surface area contributed by atoms with Gasteiger partial charge in [-0.1, -0.05) is 30.7 Å². The number of anilines is 1. The zero-order valence-electron chi connectivity index (χ0n) is 18.2. The van der Waals surface area contributed by atoms with Gasteiger partial charge in [0, 0.05) is 18.1 Å². The van der Waals surface area contributed by atoms with Gasteiger partial charge < -0.3 is 10.2 Å². The minimum absolute atomic E-state index is 0.0899. The van der Waals surface area contributed by atoms with Gasteiger partial charge in [-0.2, -0.15) is 0 Å². The molecule has 0 spiro atoms. The van der Waals surface area contributed by atoms with E-state index in [-0.39, 0.29) is 18.1 Å². The van der Waals surface area contributed by atoms with Gasteiger partial charge in [-0.05, 0) is 55.3 Å². The van der Waals surface area contributed by atoms with Crippen molar-refractivity contribution in [3.05, 3.63) is 64.9 Å². The Hall–Kier alpha value is -2.65. The van der Waals surface area contributed by atoms with Crippen molar-refractivity contribution in [1.82, 2.24) is 10.2 Å². The average Bonchev–Trinajstić information content (AvgIpc) is 2.73. The number of rotatable bonds is 10. The van der Waals surface area contributed by atoms with Gasteiger partial charge in [0.15, 0.2) is 0 Å². The lowest BCUT2D eigenvalue weighted by atomic mass is 10.1. The second kappa shape index (κ2) is 11.3. The van der Waals surface area contributed by atoms with Crippen LogP contribution in [-0.2, 0) is 26.2 Å². The molecule has 0 aromatic heterocycles. The molecule has 2 amide bonds. The number of carbonyl (C=O) groups is 2. The lowest BCUT2D eigenvalue weighted by Crippen LogP contribution is -2.52. The van der Waals surface area contributed by atoms with Crippen molar-refractivity contribution in [2.75, 3.05) is 23.7 Å². The monoisotopic (exact) mass is 483 g/mol. The van der Waals surface area contributed by atoms with Crippen LogP contribution in [-0.4, -0.2) is 50.5 Å². The van der Waals surface area contributed by atoms with Crippen LogP contribution in [0.15, 0.2) is 48.5 Å². The summed E-state index contributed by atoms with van der Waals surface area (Å²) >= 11 is 5.95. The first-order valence-corrected chi connectivity index (χ1v) is 12.3. The van der Waals surface area contributed by atoms with Crippen LogP contribution < -0.4 is 9.62 Å². The molecule has 0 fully saturated rings. The van der Waals surface area contributed by atoms with Crippen LogP contribution in [0.1, 0.15) is 25.8 Å². The summed E-state index contributed by atoms with van der Waals surface area (Å²) in [5, 5.41) is 3.25. The number of nitrogens with zero attached hydrogens (tertiary/aromatic N) is 2. The normalized spacial score (nSPS) is 12.2. The second-order valence-electron chi connectivity index (χ2n) is 7.21. The van der Waals surface area contributed by atoms with Crippen LogP contribution in [0.3, 0.4) is 0 Å². The highest BCUT2D eigenvalue weighted by Crippen LogP contribution is 2.20. The molecule has 0 radical (unpaired) electrons. The summed E-state index contributed by atoms with van der Waals surface area (Å²) in [6.45, 7) is 3.50. The number of halogens is 2. The highest BCUT2D eigenvalue weighted by Gasteiger charge is 2.31. The first-order valence-electron chi connectivity index (χ1n) is 10.1. The molecule has 7 nitrogen and oxygen atoms in total. The molecule has 2 rings (SSSR count). The van der Waals surface area contributed by atoms with Crippen LogP contribution in [0, 0.1) is 5.82 Å². The van der Waals surface area contributed by atoms with E-state index in [0.29, 0.717) is 18.0 Å². The number of hydrogen-bond acceptors (Lipinski definition) is 4. The number of sulfonamides is 1.